The van der Waals surface area contributed by atoms with Gasteiger partial charge in [-0.1, -0.05) is 13.3 Å². The number of hydrogen-bond donors (Lipinski definition) is 0. The lowest BCUT2D eigenvalue weighted by atomic mass is 10.3. The highest BCUT2D eigenvalue weighted by molar-refractivity contribution is 5.15. The van der Waals surface area contributed by atoms with Gasteiger partial charge >= 0.3 is 0 Å². The minimum Gasteiger partial charge on any atom is -0.330 e. The van der Waals surface area contributed by atoms with E-state index in [1.165, 1.54) is 5.69 Å². The first-order chi connectivity index (χ1) is 10.2. The Balaban J connectivity index is 1.68. The molecule has 3 heterocycles. The number of fused-ring (bicyclic) bond motifs is 1. The van der Waals surface area contributed by atoms with Gasteiger partial charge in [-0.15, -0.1) is 5.10 Å². The van der Waals surface area contributed by atoms with Crippen molar-refractivity contribution in [1.82, 2.24) is 34.7 Å². The zero-order chi connectivity index (χ0) is 14.8. The fraction of sp³-hybridized carbons (Fsp3) is 0.714. The van der Waals surface area contributed by atoms with Crippen LogP contribution >= 0.6 is 0 Å². The molecule has 0 fully saturated rings. The zero-order valence-corrected chi connectivity index (χ0v) is 13.1. The Morgan fingerprint density at radius 2 is 2.05 bits per heavy atom. The first-order valence-electron chi connectivity index (χ1n) is 7.69. The van der Waals surface area contributed by atoms with Crippen molar-refractivity contribution in [3.8, 4) is 0 Å². The Bertz CT molecular complexity index is 613. The molecule has 7 nitrogen and oxygen atoms in total. The van der Waals surface area contributed by atoms with Gasteiger partial charge in [0.15, 0.2) is 5.82 Å². The van der Waals surface area contributed by atoms with Gasteiger partial charge in [0.05, 0.1) is 18.8 Å². The van der Waals surface area contributed by atoms with Crippen LogP contribution in [0.3, 0.4) is 0 Å². The molecule has 0 atom stereocenters. The molecule has 1 aliphatic rings. The van der Waals surface area contributed by atoms with E-state index >= 15 is 0 Å². The van der Waals surface area contributed by atoms with Crippen LogP contribution in [0.15, 0.2) is 0 Å². The van der Waals surface area contributed by atoms with E-state index in [9.17, 15) is 0 Å². The van der Waals surface area contributed by atoms with E-state index in [1.807, 2.05) is 4.68 Å². The molecule has 0 spiro atoms. The summed E-state index contributed by atoms with van der Waals surface area (Å²) in [5.41, 5.74) is 2.43. The summed E-state index contributed by atoms with van der Waals surface area (Å²) in [7, 11) is 0. The third-order valence-corrected chi connectivity index (χ3v) is 4.24. The van der Waals surface area contributed by atoms with E-state index in [-0.39, 0.29) is 0 Å². The second kappa shape index (κ2) is 5.93. The lowest BCUT2D eigenvalue weighted by molar-refractivity contribution is 0.199. The van der Waals surface area contributed by atoms with Crippen LogP contribution in [0.2, 0.25) is 0 Å². The van der Waals surface area contributed by atoms with E-state index < -0.39 is 0 Å². The first kappa shape index (κ1) is 14.2. The number of nitrogens with zero attached hydrogens (tertiary/aromatic N) is 7. The molecule has 21 heavy (non-hydrogen) atoms. The van der Waals surface area contributed by atoms with E-state index in [4.69, 9.17) is 0 Å². The van der Waals surface area contributed by atoms with Crippen molar-refractivity contribution < 1.29 is 0 Å². The van der Waals surface area contributed by atoms with Gasteiger partial charge < -0.3 is 4.57 Å². The molecule has 0 aromatic carbocycles. The predicted molar refractivity (Wildman–Crippen MR) is 78.5 cm³/mol. The van der Waals surface area contributed by atoms with Crippen molar-refractivity contribution in [2.75, 3.05) is 6.54 Å². The molecule has 0 N–H and O–H groups in total. The molecule has 0 aliphatic carbocycles. The fourth-order valence-electron chi connectivity index (χ4n) is 2.81. The average molecular weight is 289 g/mol. The number of imidazole rings is 1. The third-order valence-electron chi connectivity index (χ3n) is 4.24. The third kappa shape index (κ3) is 2.83. The number of aromatic nitrogens is 6. The molecule has 1 aliphatic heterocycles. The van der Waals surface area contributed by atoms with E-state index in [0.29, 0.717) is 0 Å². The molecule has 0 unspecified atom stereocenters. The monoisotopic (exact) mass is 289 g/mol. The van der Waals surface area contributed by atoms with Crippen LogP contribution < -0.4 is 0 Å². The number of aryl methyl sites for hydroxylation is 2. The van der Waals surface area contributed by atoms with Crippen molar-refractivity contribution in [2.24, 2.45) is 0 Å². The lowest BCUT2D eigenvalue weighted by Crippen LogP contribution is -2.34. The van der Waals surface area contributed by atoms with Crippen LogP contribution in [-0.2, 0) is 26.2 Å². The SMILES string of the molecule is CCCCn1nnnc1CN1CCn2c(nc(C)c2C)C1. The number of unbranched alkanes of at least 4 members (excludes halogenated alkanes) is 1. The predicted octanol–water partition coefficient (Wildman–Crippen LogP) is 1.30. The molecule has 7 heteroatoms. The highest BCUT2D eigenvalue weighted by Crippen LogP contribution is 2.18. The fourth-order valence-corrected chi connectivity index (χ4v) is 2.81. The average Bonchev–Trinajstić information content (AvgIpc) is 3.02. The number of hydrogen-bond acceptors (Lipinski definition) is 5. The van der Waals surface area contributed by atoms with Crippen molar-refractivity contribution >= 4 is 0 Å². The number of tetrazole rings is 1. The van der Waals surface area contributed by atoms with E-state index in [2.05, 4.69) is 50.7 Å². The largest absolute Gasteiger partial charge is 0.330 e. The van der Waals surface area contributed by atoms with Crippen LogP contribution in [0.1, 0.15) is 42.8 Å². The molecule has 114 valence electrons. The molecule has 0 radical (unpaired) electrons. The van der Waals surface area contributed by atoms with E-state index in [1.54, 1.807) is 0 Å². The Kier molecular flexibility index (Phi) is 4.01. The summed E-state index contributed by atoms with van der Waals surface area (Å²) >= 11 is 0. The summed E-state index contributed by atoms with van der Waals surface area (Å²) in [5.74, 6) is 2.11. The second-order valence-electron chi connectivity index (χ2n) is 5.73. The minimum atomic E-state index is 0.793. The van der Waals surface area contributed by atoms with Crippen molar-refractivity contribution in [3.05, 3.63) is 23.0 Å². The minimum absolute atomic E-state index is 0.793. The topological polar surface area (TPSA) is 64.7 Å². The Labute approximate surface area is 125 Å². The molecule has 0 bridgehead atoms. The Morgan fingerprint density at radius 3 is 2.86 bits per heavy atom. The maximum Gasteiger partial charge on any atom is 0.165 e. The molecular weight excluding hydrogens is 266 g/mol. The molecule has 0 saturated heterocycles. The molecule has 2 aromatic rings. The van der Waals surface area contributed by atoms with Crippen LogP contribution in [0, 0.1) is 13.8 Å². The molecule has 3 rings (SSSR count). The van der Waals surface area contributed by atoms with Gasteiger partial charge in [-0.05, 0) is 30.7 Å². The number of rotatable bonds is 5. The summed E-state index contributed by atoms with van der Waals surface area (Å²) < 4.78 is 4.26. The maximum atomic E-state index is 4.67. The summed E-state index contributed by atoms with van der Waals surface area (Å²) in [6.45, 7) is 11.0. The van der Waals surface area contributed by atoms with Crippen molar-refractivity contribution in [3.63, 3.8) is 0 Å². The van der Waals surface area contributed by atoms with E-state index in [0.717, 1.165) is 62.9 Å². The highest BCUT2D eigenvalue weighted by Gasteiger charge is 2.21. The van der Waals surface area contributed by atoms with Gasteiger partial charge in [0.2, 0.25) is 0 Å². The van der Waals surface area contributed by atoms with Crippen LogP contribution in [-0.4, -0.2) is 41.2 Å². The standard InChI is InChI=1S/C14H23N7/c1-4-5-6-21-14(16-17-18-21)10-19-7-8-20-12(3)11(2)15-13(20)9-19/h4-10H2,1-3H3. The van der Waals surface area contributed by atoms with Gasteiger partial charge in [-0.25, -0.2) is 9.67 Å². The van der Waals surface area contributed by atoms with Crippen molar-refractivity contribution in [1.29, 1.82) is 0 Å². The molecule has 2 aromatic heterocycles. The van der Waals surface area contributed by atoms with Crippen LogP contribution in [0.25, 0.3) is 0 Å². The van der Waals surface area contributed by atoms with Crippen molar-refractivity contribution in [2.45, 2.75) is 59.8 Å². The summed E-state index contributed by atoms with van der Waals surface area (Å²) in [4.78, 5) is 7.04. The van der Waals surface area contributed by atoms with Gasteiger partial charge in [-0.3, -0.25) is 4.90 Å². The lowest BCUT2D eigenvalue weighted by Gasteiger charge is -2.27. The second-order valence-corrected chi connectivity index (χ2v) is 5.73. The van der Waals surface area contributed by atoms with Crippen LogP contribution in [0.5, 0.6) is 0 Å². The van der Waals surface area contributed by atoms with Gasteiger partial charge in [0.25, 0.3) is 0 Å². The first-order valence-corrected chi connectivity index (χ1v) is 7.69. The zero-order valence-electron chi connectivity index (χ0n) is 13.1. The quantitative estimate of drug-likeness (QED) is 0.830. The summed E-state index contributed by atoms with van der Waals surface area (Å²) in [5, 5.41) is 12.1. The summed E-state index contributed by atoms with van der Waals surface area (Å²) in [6.07, 6.45) is 2.26. The Hall–Kier alpha value is -1.76. The van der Waals surface area contributed by atoms with Gasteiger partial charge in [0, 0.05) is 25.3 Å². The highest BCUT2D eigenvalue weighted by atomic mass is 15.5. The molecule has 0 amide bonds. The summed E-state index contributed by atoms with van der Waals surface area (Å²) in [6, 6.07) is 0. The molecular formula is C14H23N7. The maximum absolute atomic E-state index is 4.67. The normalized spacial score (nSPS) is 15.4. The van der Waals surface area contributed by atoms with Gasteiger partial charge in [0.1, 0.15) is 5.82 Å². The molecule has 0 saturated carbocycles. The smallest absolute Gasteiger partial charge is 0.165 e. The van der Waals surface area contributed by atoms with Gasteiger partial charge in [-0.2, -0.15) is 0 Å². The Morgan fingerprint density at radius 1 is 1.19 bits per heavy atom. The van der Waals surface area contributed by atoms with Crippen LogP contribution in [0.4, 0.5) is 0 Å².